The molecule has 2 aromatic carbocycles. The Hall–Kier alpha value is -2.59. The zero-order valence-corrected chi connectivity index (χ0v) is 15.8. The number of aromatic nitrogens is 2. The molecule has 1 atom stereocenters. The lowest BCUT2D eigenvalue weighted by Crippen LogP contribution is -2.12. The third-order valence-electron chi connectivity index (χ3n) is 4.10. The van der Waals surface area contributed by atoms with Gasteiger partial charge >= 0.3 is 0 Å². The minimum atomic E-state index is 0.171. The maximum atomic E-state index is 6.03. The molecular formula is C21H23ClN4. The van der Waals surface area contributed by atoms with Crippen molar-refractivity contribution in [1.82, 2.24) is 9.97 Å². The molecule has 0 saturated heterocycles. The van der Waals surface area contributed by atoms with Crippen LogP contribution in [0, 0.1) is 6.92 Å². The molecule has 0 aliphatic carbocycles. The van der Waals surface area contributed by atoms with E-state index >= 15 is 0 Å². The second kappa shape index (κ2) is 8.68. The molecule has 2 N–H and O–H groups in total. The van der Waals surface area contributed by atoms with Crippen LogP contribution in [-0.2, 0) is 6.42 Å². The highest BCUT2D eigenvalue weighted by Gasteiger charge is 2.08. The van der Waals surface area contributed by atoms with Gasteiger partial charge in [0.1, 0.15) is 5.82 Å². The van der Waals surface area contributed by atoms with Crippen LogP contribution >= 0.6 is 11.6 Å². The van der Waals surface area contributed by atoms with Gasteiger partial charge in [-0.15, -0.1) is 0 Å². The molecule has 134 valence electrons. The van der Waals surface area contributed by atoms with Crippen molar-refractivity contribution >= 4 is 23.4 Å². The highest BCUT2D eigenvalue weighted by molar-refractivity contribution is 6.30. The van der Waals surface area contributed by atoms with E-state index in [4.69, 9.17) is 11.6 Å². The van der Waals surface area contributed by atoms with Crippen molar-refractivity contribution < 1.29 is 0 Å². The van der Waals surface area contributed by atoms with E-state index in [1.54, 1.807) is 0 Å². The summed E-state index contributed by atoms with van der Waals surface area (Å²) in [7, 11) is 0. The molecule has 0 spiro atoms. The Morgan fingerprint density at radius 3 is 2.58 bits per heavy atom. The largest absolute Gasteiger partial charge is 0.363 e. The topological polar surface area (TPSA) is 49.8 Å². The summed E-state index contributed by atoms with van der Waals surface area (Å²) in [5.41, 5.74) is 3.33. The smallest absolute Gasteiger partial charge is 0.224 e. The maximum Gasteiger partial charge on any atom is 0.224 e. The van der Waals surface area contributed by atoms with Crippen LogP contribution in [0.25, 0.3) is 0 Å². The molecule has 0 aliphatic rings. The second-order valence-electron chi connectivity index (χ2n) is 6.30. The molecule has 0 amide bonds. The van der Waals surface area contributed by atoms with E-state index < -0.39 is 0 Å². The molecule has 4 nitrogen and oxygen atoms in total. The number of hydrogen-bond acceptors (Lipinski definition) is 4. The Labute approximate surface area is 159 Å². The predicted molar refractivity (Wildman–Crippen MR) is 109 cm³/mol. The molecular weight excluding hydrogens is 344 g/mol. The number of aryl methyl sites for hydroxylation is 1. The van der Waals surface area contributed by atoms with Crippen molar-refractivity contribution in [2.75, 3.05) is 17.2 Å². The number of rotatable bonds is 7. The fourth-order valence-corrected chi connectivity index (χ4v) is 2.99. The van der Waals surface area contributed by atoms with Crippen molar-refractivity contribution in [3.63, 3.8) is 0 Å². The summed E-state index contributed by atoms with van der Waals surface area (Å²) in [5.74, 6) is 1.45. The first kappa shape index (κ1) is 18.2. The number of halogens is 1. The highest BCUT2D eigenvalue weighted by Crippen LogP contribution is 2.19. The van der Waals surface area contributed by atoms with E-state index in [0.29, 0.717) is 5.95 Å². The third-order valence-corrected chi connectivity index (χ3v) is 4.34. The fraction of sp³-hybridized carbons (Fsp3) is 0.238. The summed E-state index contributed by atoms with van der Waals surface area (Å²) in [6.45, 7) is 4.85. The standard InChI is InChI=1S/C21H23ClN4/c1-15-13-20(25-16(2)18-8-4-3-5-9-18)26-21(24-15)23-12-11-17-7-6-10-19(22)14-17/h3-10,13-14,16H,11-12H2,1-2H3,(H2,23,24,25,26). The molecule has 1 heterocycles. The highest BCUT2D eigenvalue weighted by atomic mass is 35.5. The van der Waals surface area contributed by atoms with Gasteiger partial charge in [0.2, 0.25) is 5.95 Å². The minimum absolute atomic E-state index is 0.171. The van der Waals surface area contributed by atoms with Crippen molar-refractivity contribution in [3.05, 3.63) is 82.5 Å². The van der Waals surface area contributed by atoms with Gasteiger partial charge in [0.25, 0.3) is 0 Å². The normalized spacial score (nSPS) is 11.8. The molecule has 0 radical (unpaired) electrons. The van der Waals surface area contributed by atoms with Crippen LogP contribution in [-0.4, -0.2) is 16.5 Å². The Morgan fingerprint density at radius 2 is 1.81 bits per heavy atom. The zero-order valence-electron chi connectivity index (χ0n) is 15.0. The molecule has 1 unspecified atom stereocenters. The quantitative estimate of drug-likeness (QED) is 0.598. The first-order valence-corrected chi connectivity index (χ1v) is 9.13. The number of benzene rings is 2. The van der Waals surface area contributed by atoms with Crippen molar-refractivity contribution in [2.45, 2.75) is 26.3 Å². The SMILES string of the molecule is Cc1cc(NC(C)c2ccccc2)nc(NCCc2cccc(Cl)c2)n1. The Morgan fingerprint density at radius 1 is 1.00 bits per heavy atom. The van der Waals surface area contributed by atoms with E-state index in [9.17, 15) is 0 Å². The average molecular weight is 367 g/mol. The predicted octanol–water partition coefficient (Wildman–Crippen LogP) is 5.27. The van der Waals surface area contributed by atoms with Crippen LogP contribution in [0.5, 0.6) is 0 Å². The summed E-state index contributed by atoms with van der Waals surface area (Å²) in [6.07, 6.45) is 0.862. The summed E-state index contributed by atoms with van der Waals surface area (Å²) < 4.78 is 0. The molecule has 3 aromatic rings. The van der Waals surface area contributed by atoms with E-state index in [0.717, 1.165) is 29.5 Å². The van der Waals surface area contributed by atoms with Crippen molar-refractivity contribution in [3.8, 4) is 0 Å². The number of nitrogens with zero attached hydrogens (tertiary/aromatic N) is 2. The Bertz CT molecular complexity index is 852. The van der Waals surface area contributed by atoms with Gasteiger partial charge in [0.15, 0.2) is 0 Å². The van der Waals surface area contributed by atoms with E-state index in [2.05, 4.69) is 45.7 Å². The third kappa shape index (κ3) is 5.20. The molecule has 0 saturated carbocycles. The van der Waals surface area contributed by atoms with Crippen LogP contribution in [0.2, 0.25) is 5.02 Å². The number of anilines is 2. The molecule has 5 heteroatoms. The number of nitrogens with one attached hydrogen (secondary N) is 2. The lowest BCUT2D eigenvalue weighted by Gasteiger charge is -2.16. The van der Waals surface area contributed by atoms with Crippen LogP contribution in [0.3, 0.4) is 0 Å². The van der Waals surface area contributed by atoms with Gasteiger partial charge in [-0.05, 0) is 43.5 Å². The van der Waals surface area contributed by atoms with Gasteiger partial charge < -0.3 is 10.6 Å². The van der Waals surface area contributed by atoms with Crippen LogP contribution in [0.15, 0.2) is 60.7 Å². The first-order valence-electron chi connectivity index (χ1n) is 8.75. The lowest BCUT2D eigenvalue weighted by molar-refractivity contribution is 0.868. The summed E-state index contributed by atoms with van der Waals surface area (Å²) >= 11 is 6.03. The molecule has 0 bridgehead atoms. The molecule has 3 rings (SSSR count). The van der Waals surface area contributed by atoms with Crippen molar-refractivity contribution in [2.24, 2.45) is 0 Å². The molecule has 0 aliphatic heterocycles. The van der Waals surface area contributed by atoms with Gasteiger partial charge in [-0.1, -0.05) is 54.1 Å². The minimum Gasteiger partial charge on any atom is -0.363 e. The van der Waals surface area contributed by atoms with Crippen LogP contribution in [0.4, 0.5) is 11.8 Å². The maximum absolute atomic E-state index is 6.03. The molecule has 0 fully saturated rings. The molecule has 26 heavy (non-hydrogen) atoms. The van der Waals surface area contributed by atoms with Crippen LogP contribution < -0.4 is 10.6 Å². The van der Waals surface area contributed by atoms with Gasteiger partial charge in [0, 0.05) is 29.4 Å². The molecule has 1 aromatic heterocycles. The zero-order chi connectivity index (χ0) is 18.4. The van der Waals surface area contributed by atoms with Gasteiger partial charge in [-0.3, -0.25) is 0 Å². The summed E-state index contributed by atoms with van der Waals surface area (Å²) in [6, 6.07) is 20.4. The van der Waals surface area contributed by atoms with Gasteiger partial charge in [-0.2, -0.15) is 4.98 Å². The number of hydrogen-bond donors (Lipinski definition) is 2. The van der Waals surface area contributed by atoms with E-state index in [1.807, 2.05) is 49.4 Å². The Kier molecular flexibility index (Phi) is 6.08. The Balaban J connectivity index is 1.62. The summed E-state index contributed by atoms with van der Waals surface area (Å²) in [5, 5.41) is 7.51. The summed E-state index contributed by atoms with van der Waals surface area (Å²) in [4.78, 5) is 9.06. The second-order valence-corrected chi connectivity index (χ2v) is 6.74. The van der Waals surface area contributed by atoms with Gasteiger partial charge in [0.05, 0.1) is 0 Å². The van der Waals surface area contributed by atoms with Crippen molar-refractivity contribution in [1.29, 1.82) is 0 Å². The average Bonchev–Trinajstić information content (AvgIpc) is 2.62. The van der Waals surface area contributed by atoms with Crippen LogP contribution in [0.1, 0.15) is 29.8 Å². The van der Waals surface area contributed by atoms with E-state index in [-0.39, 0.29) is 6.04 Å². The lowest BCUT2D eigenvalue weighted by atomic mass is 10.1. The van der Waals surface area contributed by atoms with Gasteiger partial charge in [-0.25, -0.2) is 4.98 Å². The fourth-order valence-electron chi connectivity index (χ4n) is 2.78. The monoisotopic (exact) mass is 366 g/mol. The van der Waals surface area contributed by atoms with E-state index in [1.165, 1.54) is 11.1 Å². The first-order chi connectivity index (χ1) is 12.6.